The maximum absolute atomic E-state index is 6.67. The van der Waals surface area contributed by atoms with E-state index in [0.29, 0.717) is 17.5 Å². The van der Waals surface area contributed by atoms with Crippen LogP contribution in [0, 0.1) is 0 Å². The predicted octanol–water partition coefficient (Wildman–Crippen LogP) is 17.9. The number of nitrogens with zero attached hydrogens (tertiary/aromatic N) is 4. The lowest BCUT2D eigenvalue weighted by molar-refractivity contribution is 0.669. The molecular weight excluding hydrogens is 893 g/mol. The first-order valence-electron chi connectivity index (χ1n) is 23.4. The Bertz CT molecular complexity index is 4560. The second-order valence-electron chi connectivity index (χ2n) is 17.9. The van der Waals surface area contributed by atoms with Gasteiger partial charge in [0.15, 0.2) is 17.5 Å². The fourth-order valence-electron chi connectivity index (χ4n) is 10.7. The van der Waals surface area contributed by atoms with Gasteiger partial charge < -0.3 is 8.98 Å². The lowest BCUT2D eigenvalue weighted by Crippen LogP contribution is -2.01. The zero-order valence-electron chi connectivity index (χ0n) is 37.3. The number of furan rings is 1. The number of benzene rings is 10. The number of para-hydroxylation sites is 2. The molecular formula is C63H36N4OS2. The van der Waals surface area contributed by atoms with Crippen molar-refractivity contribution in [3.05, 3.63) is 218 Å². The molecule has 0 saturated heterocycles. The molecule has 0 aliphatic heterocycles. The van der Waals surface area contributed by atoms with Crippen molar-refractivity contribution >= 4 is 107 Å². The van der Waals surface area contributed by atoms with Crippen LogP contribution in [0.4, 0.5) is 0 Å². The number of hydrogen-bond acceptors (Lipinski definition) is 6. The Labute approximate surface area is 408 Å². The topological polar surface area (TPSA) is 56.7 Å². The molecule has 5 heterocycles. The monoisotopic (exact) mass is 928 g/mol. The van der Waals surface area contributed by atoms with Crippen molar-refractivity contribution in [1.82, 2.24) is 19.5 Å². The van der Waals surface area contributed by atoms with E-state index in [9.17, 15) is 0 Å². The molecule has 0 aliphatic carbocycles. The number of aromatic nitrogens is 4. The first-order chi connectivity index (χ1) is 34.7. The molecule has 0 N–H and O–H groups in total. The van der Waals surface area contributed by atoms with Gasteiger partial charge in [0.05, 0.1) is 11.0 Å². The summed E-state index contributed by atoms with van der Waals surface area (Å²) in [6.45, 7) is 0. The van der Waals surface area contributed by atoms with Crippen LogP contribution in [0.2, 0.25) is 0 Å². The molecule has 70 heavy (non-hydrogen) atoms. The number of hydrogen-bond donors (Lipinski definition) is 0. The highest BCUT2D eigenvalue weighted by atomic mass is 32.1. The Morgan fingerprint density at radius 2 is 0.871 bits per heavy atom. The van der Waals surface area contributed by atoms with E-state index in [4.69, 9.17) is 19.4 Å². The Kier molecular flexibility index (Phi) is 8.63. The van der Waals surface area contributed by atoms with E-state index in [1.165, 1.54) is 67.8 Å². The average molecular weight is 929 g/mol. The van der Waals surface area contributed by atoms with Gasteiger partial charge in [-0.1, -0.05) is 152 Å². The van der Waals surface area contributed by atoms with E-state index >= 15 is 0 Å². The van der Waals surface area contributed by atoms with Gasteiger partial charge in [0.1, 0.15) is 11.2 Å². The highest BCUT2D eigenvalue weighted by Crippen LogP contribution is 2.47. The summed E-state index contributed by atoms with van der Waals surface area (Å²) >= 11 is 3.72. The van der Waals surface area contributed by atoms with Gasteiger partial charge in [-0.2, -0.15) is 0 Å². The fourth-order valence-corrected chi connectivity index (χ4v) is 13.1. The third kappa shape index (κ3) is 6.05. The predicted molar refractivity (Wildman–Crippen MR) is 294 cm³/mol. The summed E-state index contributed by atoms with van der Waals surface area (Å²) in [5.41, 5.74) is 12.4. The summed E-state index contributed by atoms with van der Waals surface area (Å²) < 4.78 is 14.1. The zero-order chi connectivity index (χ0) is 45.9. The second-order valence-corrected chi connectivity index (χ2v) is 20.0. The first kappa shape index (κ1) is 39.3. The first-order valence-corrected chi connectivity index (χ1v) is 25.0. The summed E-state index contributed by atoms with van der Waals surface area (Å²) in [4.78, 5) is 15.8. The summed E-state index contributed by atoms with van der Waals surface area (Å²) in [6.07, 6.45) is 0. The van der Waals surface area contributed by atoms with E-state index in [0.717, 1.165) is 60.9 Å². The van der Waals surface area contributed by atoms with Crippen LogP contribution in [0.5, 0.6) is 0 Å². The smallest absolute Gasteiger partial charge is 0.164 e. The number of thiophene rings is 2. The largest absolute Gasteiger partial charge is 0.456 e. The quantitative estimate of drug-likeness (QED) is 0.167. The Balaban J connectivity index is 0.902. The molecule has 5 nitrogen and oxygen atoms in total. The molecule has 0 amide bonds. The van der Waals surface area contributed by atoms with Crippen LogP contribution in [0.3, 0.4) is 0 Å². The molecule has 15 rings (SSSR count). The Morgan fingerprint density at radius 1 is 0.314 bits per heavy atom. The third-order valence-corrected chi connectivity index (χ3v) is 16.1. The SMILES string of the molecule is c1ccc(-c2nc(-c3cccc(-n4c5ccccc5c5ccccc54)c3)nc(-c3cccc4oc5ccc(-c6cccc7sc8cccc(-c9ccc%10c(c9)sc9ccccc9%10)c8c67)cc5c34)n2)cc1. The molecule has 0 saturated carbocycles. The van der Waals surface area contributed by atoms with E-state index < -0.39 is 0 Å². The van der Waals surface area contributed by atoms with Gasteiger partial charge in [0.25, 0.3) is 0 Å². The molecule has 0 atom stereocenters. The Morgan fingerprint density at radius 3 is 1.64 bits per heavy atom. The van der Waals surface area contributed by atoms with Crippen LogP contribution in [0.1, 0.15) is 0 Å². The summed E-state index contributed by atoms with van der Waals surface area (Å²) in [6, 6.07) is 77.8. The molecule has 7 heteroatoms. The van der Waals surface area contributed by atoms with Gasteiger partial charge >= 0.3 is 0 Å². The molecule has 0 aliphatic rings. The van der Waals surface area contributed by atoms with Crippen molar-refractivity contribution < 1.29 is 4.42 Å². The normalized spacial score (nSPS) is 12.0. The molecule has 0 spiro atoms. The van der Waals surface area contributed by atoms with E-state index in [1.54, 1.807) is 0 Å². The molecule has 10 aromatic carbocycles. The third-order valence-electron chi connectivity index (χ3n) is 13.9. The maximum atomic E-state index is 6.67. The van der Waals surface area contributed by atoms with Crippen molar-refractivity contribution in [1.29, 1.82) is 0 Å². The molecule has 5 aromatic heterocycles. The van der Waals surface area contributed by atoms with Gasteiger partial charge in [0.2, 0.25) is 0 Å². The molecule has 0 unspecified atom stereocenters. The summed E-state index contributed by atoms with van der Waals surface area (Å²) in [5, 5.41) is 9.57. The van der Waals surface area contributed by atoms with Gasteiger partial charge in [-0.3, -0.25) is 0 Å². The van der Waals surface area contributed by atoms with E-state index in [1.807, 2.05) is 53.0 Å². The lowest BCUT2D eigenvalue weighted by Gasteiger charge is -2.12. The minimum atomic E-state index is 0.580. The average Bonchev–Trinajstić information content (AvgIpc) is 4.19. The van der Waals surface area contributed by atoms with Crippen LogP contribution in [0.25, 0.3) is 146 Å². The van der Waals surface area contributed by atoms with Crippen LogP contribution in [-0.2, 0) is 0 Å². The lowest BCUT2D eigenvalue weighted by atomic mass is 9.93. The van der Waals surface area contributed by atoms with Gasteiger partial charge in [-0.05, 0) is 89.0 Å². The van der Waals surface area contributed by atoms with E-state index in [2.05, 4.69) is 193 Å². The van der Waals surface area contributed by atoms with Crippen molar-refractivity contribution in [3.8, 4) is 62.1 Å². The minimum absolute atomic E-state index is 0.580. The Hall–Kier alpha value is -8.75. The van der Waals surface area contributed by atoms with Gasteiger partial charge in [-0.15, -0.1) is 22.7 Å². The van der Waals surface area contributed by atoms with Crippen molar-refractivity contribution in [2.75, 3.05) is 0 Å². The molecule has 326 valence electrons. The highest BCUT2D eigenvalue weighted by Gasteiger charge is 2.21. The second kappa shape index (κ2) is 15.4. The van der Waals surface area contributed by atoms with Crippen molar-refractivity contribution in [3.63, 3.8) is 0 Å². The van der Waals surface area contributed by atoms with Crippen LogP contribution in [-0.4, -0.2) is 19.5 Å². The van der Waals surface area contributed by atoms with Crippen molar-refractivity contribution in [2.45, 2.75) is 0 Å². The van der Waals surface area contributed by atoms with Gasteiger partial charge in [-0.25, -0.2) is 15.0 Å². The molecule has 0 radical (unpaired) electrons. The maximum Gasteiger partial charge on any atom is 0.164 e. The van der Waals surface area contributed by atoms with Crippen LogP contribution in [0.15, 0.2) is 223 Å². The summed E-state index contributed by atoms with van der Waals surface area (Å²) in [7, 11) is 0. The number of rotatable bonds is 6. The van der Waals surface area contributed by atoms with Gasteiger partial charge in [0, 0.05) is 84.3 Å². The van der Waals surface area contributed by atoms with E-state index in [-0.39, 0.29) is 0 Å². The number of fused-ring (bicyclic) bond motifs is 12. The summed E-state index contributed by atoms with van der Waals surface area (Å²) in [5.74, 6) is 1.78. The highest BCUT2D eigenvalue weighted by molar-refractivity contribution is 7.26. The zero-order valence-corrected chi connectivity index (χ0v) is 38.9. The standard InChI is InChI=1S/C63H36N4OS2/c1-2-14-37(15-3-1)61-64-62(40-16-10-17-41(34-40)67-50-24-7-4-18-44(50)45-19-5-8-25-51(45)67)66-63(65-61)48-23-11-26-53-58(48)49-35-38(31-33-52(49)68-53)42-21-12-28-55-59(42)60-43(22-13-29-56(60)70-55)39-30-32-47-46-20-6-9-27-54(46)69-57(47)36-39/h1-36H. The van der Waals surface area contributed by atoms with Crippen LogP contribution < -0.4 is 0 Å². The minimum Gasteiger partial charge on any atom is -0.456 e. The molecule has 0 fully saturated rings. The van der Waals surface area contributed by atoms with Crippen molar-refractivity contribution in [2.24, 2.45) is 0 Å². The van der Waals surface area contributed by atoms with Crippen LogP contribution >= 0.6 is 22.7 Å². The molecule has 0 bridgehead atoms. The fraction of sp³-hybridized carbons (Fsp3) is 0. The molecule has 15 aromatic rings.